The van der Waals surface area contributed by atoms with Crippen molar-refractivity contribution in [3.8, 4) is 0 Å². The first-order valence-corrected chi connectivity index (χ1v) is 5.85. The fourth-order valence-corrected chi connectivity index (χ4v) is 2.06. The molecule has 92 valence electrons. The Morgan fingerprint density at radius 3 is 2.50 bits per heavy atom. The Balaban J connectivity index is 2.17. The van der Waals surface area contributed by atoms with Crippen molar-refractivity contribution in [2.45, 2.75) is 38.1 Å². The predicted molar refractivity (Wildman–Crippen MR) is 62.1 cm³/mol. The van der Waals surface area contributed by atoms with Crippen LogP contribution in [0.25, 0.3) is 0 Å². The predicted octanol–water partition coefficient (Wildman–Crippen LogP) is 0.706. The van der Waals surface area contributed by atoms with Crippen LogP contribution in [-0.2, 0) is 4.79 Å². The molecule has 16 heavy (non-hydrogen) atoms. The monoisotopic (exact) mass is 227 g/mol. The highest BCUT2D eigenvalue weighted by Crippen LogP contribution is 2.22. The molecule has 0 aliphatic heterocycles. The van der Waals surface area contributed by atoms with E-state index in [1.165, 1.54) is 32.7 Å². The van der Waals surface area contributed by atoms with Gasteiger partial charge in [-0.15, -0.1) is 0 Å². The van der Waals surface area contributed by atoms with Crippen LogP contribution < -0.4 is 10.6 Å². The zero-order valence-electron chi connectivity index (χ0n) is 10.1. The van der Waals surface area contributed by atoms with E-state index in [9.17, 15) is 9.59 Å². The second kappa shape index (κ2) is 6.48. The van der Waals surface area contributed by atoms with E-state index in [2.05, 4.69) is 15.5 Å². The number of nitrogens with zero attached hydrogens (tertiary/aromatic N) is 1. The normalized spacial score (nSPS) is 16.4. The second-order valence-electron chi connectivity index (χ2n) is 4.30. The molecule has 1 fully saturated rings. The molecule has 1 aliphatic rings. The minimum absolute atomic E-state index is 0.218. The molecule has 0 atom stereocenters. The summed E-state index contributed by atoms with van der Waals surface area (Å²) < 4.78 is 0. The Hall–Kier alpha value is -1.10. The van der Waals surface area contributed by atoms with E-state index in [0.29, 0.717) is 19.0 Å². The number of imide groups is 1. The van der Waals surface area contributed by atoms with Gasteiger partial charge in [-0.2, -0.15) is 0 Å². The summed E-state index contributed by atoms with van der Waals surface area (Å²) in [5.41, 5.74) is 0. The van der Waals surface area contributed by atoms with Gasteiger partial charge in [-0.05, 0) is 19.9 Å². The molecule has 1 saturated carbocycles. The van der Waals surface area contributed by atoms with Gasteiger partial charge >= 0.3 is 6.03 Å². The molecule has 0 radical (unpaired) electrons. The van der Waals surface area contributed by atoms with Crippen LogP contribution >= 0.6 is 0 Å². The zero-order chi connectivity index (χ0) is 12.0. The number of carbonyl (C=O) groups is 2. The summed E-state index contributed by atoms with van der Waals surface area (Å²) in [6.07, 6.45) is 5.42. The maximum atomic E-state index is 11.3. The largest absolute Gasteiger partial charge is 0.341 e. The summed E-state index contributed by atoms with van der Waals surface area (Å²) in [6.45, 7) is 0.716. The average Bonchev–Trinajstić information content (AvgIpc) is 2.79. The van der Waals surface area contributed by atoms with Gasteiger partial charge in [-0.25, -0.2) is 4.79 Å². The summed E-state index contributed by atoms with van der Waals surface area (Å²) >= 11 is 0. The van der Waals surface area contributed by atoms with Crippen molar-refractivity contribution in [1.82, 2.24) is 15.5 Å². The van der Waals surface area contributed by atoms with E-state index < -0.39 is 6.03 Å². The molecular formula is C11H21N3O2. The summed E-state index contributed by atoms with van der Waals surface area (Å²) in [4.78, 5) is 24.4. The Kier molecular flexibility index (Phi) is 5.25. The number of nitrogens with one attached hydrogen (secondary N) is 2. The van der Waals surface area contributed by atoms with Gasteiger partial charge in [0.05, 0.1) is 0 Å². The minimum atomic E-state index is -0.437. The Morgan fingerprint density at radius 2 is 1.94 bits per heavy atom. The fourth-order valence-electron chi connectivity index (χ4n) is 2.06. The number of rotatable bonds is 4. The number of carbonyl (C=O) groups excluding carboxylic acids is 2. The number of hydrogen-bond acceptors (Lipinski definition) is 3. The van der Waals surface area contributed by atoms with Crippen LogP contribution in [0.15, 0.2) is 0 Å². The molecule has 0 saturated heterocycles. The molecule has 3 amide bonds. The van der Waals surface area contributed by atoms with Gasteiger partial charge < -0.3 is 10.2 Å². The topological polar surface area (TPSA) is 61.4 Å². The highest BCUT2D eigenvalue weighted by molar-refractivity contribution is 5.94. The number of amides is 3. The van der Waals surface area contributed by atoms with Gasteiger partial charge in [0.15, 0.2) is 0 Å². The van der Waals surface area contributed by atoms with E-state index in [1.807, 2.05) is 7.05 Å². The van der Waals surface area contributed by atoms with Crippen molar-refractivity contribution in [3.05, 3.63) is 0 Å². The van der Waals surface area contributed by atoms with E-state index in [4.69, 9.17) is 0 Å². The third-order valence-electron chi connectivity index (χ3n) is 3.12. The lowest BCUT2D eigenvalue weighted by Gasteiger charge is -2.23. The van der Waals surface area contributed by atoms with Crippen LogP contribution in [0.4, 0.5) is 4.79 Å². The van der Waals surface area contributed by atoms with Gasteiger partial charge in [-0.3, -0.25) is 10.1 Å². The van der Waals surface area contributed by atoms with Gasteiger partial charge in [0, 0.05) is 26.1 Å². The third kappa shape index (κ3) is 4.18. The maximum absolute atomic E-state index is 11.3. The van der Waals surface area contributed by atoms with Crippen molar-refractivity contribution in [2.24, 2.45) is 0 Å². The highest BCUT2D eigenvalue weighted by Gasteiger charge is 2.19. The van der Waals surface area contributed by atoms with Crippen molar-refractivity contribution >= 4 is 11.9 Å². The Labute approximate surface area is 96.6 Å². The number of urea groups is 1. The minimum Gasteiger partial charge on any atom is -0.341 e. The Morgan fingerprint density at radius 1 is 1.31 bits per heavy atom. The van der Waals surface area contributed by atoms with Crippen molar-refractivity contribution in [1.29, 1.82) is 0 Å². The highest BCUT2D eigenvalue weighted by atomic mass is 16.2. The molecule has 0 spiro atoms. The molecule has 0 aromatic rings. The van der Waals surface area contributed by atoms with Crippen LogP contribution in [0.2, 0.25) is 0 Å². The van der Waals surface area contributed by atoms with E-state index >= 15 is 0 Å². The molecule has 2 N–H and O–H groups in total. The van der Waals surface area contributed by atoms with E-state index in [-0.39, 0.29) is 5.91 Å². The first-order chi connectivity index (χ1) is 7.63. The summed E-state index contributed by atoms with van der Waals surface area (Å²) in [7, 11) is 3.54. The van der Waals surface area contributed by atoms with Crippen LogP contribution in [0.5, 0.6) is 0 Å². The van der Waals surface area contributed by atoms with Crippen molar-refractivity contribution in [2.75, 3.05) is 20.6 Å². The summed E-state index contributed by atoms with van der Waals surface area (Å²) in [5, 5.41) is 4.61. The van der Waals surface area contributed by atoms with E-state index in [0.717, 1.165) is 0 Å². The van der Waals surface area contributed by atoms with E-state index in [1.54, 1.807) is 0 Å². The van der Waals surface area contributed by atoms with Crippen LogP contribution in [0.1, 0.15) is 32.1 Å². The number of hydrogen-bond donors (Lipinski definition) is 2. The summed E-state index contributed by atoms with van der Waals surface area (Å²) in [5.74, 6) is -0.218. The quantitative estimate of drug-likeness (QED) is 0.743. The molecule has 0 aromatic heterocycles. The third-order valence-corrected chi connectivity index (χ3v) is 3.12. The first kappa shape index (κ1) is 13.0. The van der Waals surface area contributed by atoms with Gasteiger partial charge in [-0.1, -0.05) is 12.8 Å². The molecule has 0 bridgehead atoms. The molecule has 1 aliphatic carbocycles. The fraction of sp³-hybridized carbons (Fsp3) is 0.818. The molecule has 5 nitrogen and oxygen atoms in total. The standard InChI is InChI=1S/C11H21N3O2/c1-12-11(16)13-10(15)7-8-14(2)9-5-3-4-6-9/h9H,3-8H2,1-2H3,(H2,12,13,15,16). The Bertz CT molecular complexity index is 250. The van der Waals surface area contributed by atoms with Gasteiger partial charge in [0.25, 0.3) is 0 Å². The molecule has 0 unspecified atom stereocenters. The molecule has 1 rings (SSSR count). The van der Waals surface area contributed by atoms with Crippen LogP contribution in [0, 0.1) is 0 Å². The first-order valence-electron chi connectivity index (χ1n) is 5.85. The van der Waals surface area contributed by atoms with Crippen molar-refractivity contribution in [3.63, 3.8) is 0 Å². The second-order valence-corrected chi connectivity index (χ2v) is 4.30. The molecule has 0 aromatic carbocycles. The molecule has 5 heteroatoms. The van der Waals surface area contributed by atoms with Crippen LogP contribution in [0.3, 0.4) is 0 Å². The van der Waals surface area contributed by atoms with Crippen LogP contribution in [-0.4, -0.2) is 43.5 Å². The van der Waals surface area contributed by atoms with Gasteiger partial charge in [0.2, 0.25) is 5.91 Å². The lowest BCUT2D eigenvalue weighted by Crippen LogP contribution is -2.39. The summed E-state index contributed by atoms with van der Waals surface area (Å²) in [6, 6.07) is 0.182. The molecular weight excluding hydrogens is 206 g/mol. The lowest BCUT2D eigenvalue weighted by molar-refractivity contribution is -0.120. The SMILES string of the molecule is CNC(=O)NC(=O)CCN(C)C1CCCC1. The lowest BCUT2D eigenvalue weighted by atomic mass is 10.2. The smallest absolute Gasteiger partial charge is 0.321 e. The average molecular weight is 227 g/mol. The van der Waals surface area contributed by atoms with Crippen molar-refractivity contribution < 1.29 is 9.59 Å². The van der Waals surface area contributed by atoms with Gasteiger partial charge in [0.1, 0.15) is 0 Å². The molecule has 0 heterocycles. The zero-order valence-corrected chi connectivity index (χ0v) is 10.1. The maximum Gasteiger partial charge on any atom is 0.321 e.